The lowest BCUT2D eigenvalue weighted by atomic mass is 9.98. The number of Topliss-reactive ketones (excluding diaryl/α,β-unsaturated/α-hetero) is 1. The zero-order valence-corrected chi connectivity index (χ0v) is 16.1. The van der Waals surface area contributed by atoms with E-state index in [1.165, 1.54) is 12.1 Å². The van der Waals surface area contributed by atoms with Gasteiger partial charge in [0, 0.05) is 29.5 Å². The number of carbonyl (C=O) groups excluding carboxylic acids is 1. The van der Waals surface area contributed by atoms with E-state index in [2.05, 4.69) is 0 Å². The molecular weight excluding hydrogens is 347 g/mol. The molecule has 0 radical (unpaired) electrons. The third-order valence-electron chi connectivity index (χ3n) is 4.33. The molecule has 0 amide bonds. The number of aromatic hydroxyl groups is 1. The number of halogens is 1. The second-order valence-electron chi connectivity index (χ2n) is 6.86. The Kier molecular flexibility index (Phi) is 7.65. The van der Waals surface area contributed by atoms with Crippen molar-refractivity contribution < 1.29 is 23.8 Å². The molecule has 0 aliphatic heterocycles. The quantitative estimate of drug-likeness (QED) is 0.604. The Bertz CT molecular complexity index is 771. The maximum atomic E-state index is 13.1. The predicted molar refractivity (Wildman–Crippen MR) is 103 cm³/mol. The van der Waals surface area contributed by atoms with Crippen LogP contribution in [-0.2, 0) is 11.2 Å². The van der Waals surface area contributed by atoms with Crippen LogP contribution in [0.4, 0.5) is 4.39 Å². The van der Waals surface area contributed by atoms with Gasteiger partial charge in [-0.3, -0.25) is 4.79 Å². The number of phenols is 1. The molecule has 0 saturated carbocycles. The number of ether oxygens (including phenoxy) is 2. The molecule has 0 aromatic heterocycles. The largest absolute Gasteiger partial charge is 0.507 e. The molecule has 0 fully saturated rings. The molecular formula is C22H27FO4. The van der Waals surface area contributed by atoms with E-state index < -0.39 is 0 Å². The van der Waals surface area contributed by atoms with Crippen molar-refractivity contribution in [2.45, 2.75) is 40.0 Å². The zero-order valence-electron chi connectivity index (χ0n) is 16.1. The Labute approximate surface area is 159 Å². The molecule has 2 aromatic rings. The highest BCUT2D eigenvalue weighted by atomic mass is 19.1. The topological polar surface area (TPSA) is 55.8 Å². The first kappa shape index (κ1) is 20.7. The molecule has 0 atom stereocenters. The number of unbranched alkanes of at least 4 members (excludes halogenated alkanes) is 1. The molecule has 4 nitrogen and oxygen atoms in total. The van der Waals surface area contributed by atoms with E-state index in [9.17, 15) is 14.3 Å². The van der Waals surface area contributed by atoms with Gasteiger partial charge in [-0.2, -0.15) is 0 Å². The summed E-state index contributed by atoms with van der Waals surface area (Å²) in [4.78, 5) is 11.9. The summed E-state index contributed by atoms with van der Waals surface area (Å²) in [5, 5.41) is 10.3. The second-order valence-corrected chi connectivity index (χ2v) is 6.86. The average molecular weight is 374 g/mol. The minimum absolute atomic E-state index is 0.0600. The minimum Gasteiger partial charge on any atom is -0.507 e. The molecule has 146 valence electrons. The van der Waals surface area contributed by atoms with Gasteiger partial charge in [-0.05, 0) is 38.0 Å². The molecule has 0 unspecified atom stereocenters. The lowest BCUT2D eigenvalue weighted by molar-refractivity contribution is -0.121. The first-order chi connectivity index (χ1) is 12.9. The lowest BCUT2D eigenvalue weighted by Gasteiger charge is -2.14. The highest BCUT2D eigenvalue weighted by Crippen LogP contribution is 2.31. The van der Waals surface area contributed by atoms with Gasteiger partial charge in [-0.25, -0.2) is 4.39 Å². The molecule has 1 N–H and O–H groups in total. The van der Waals surface area contributed by atoms with Crippen molar-refractivity contribution in [3.63, 3.8) is 0 Å². The number of phenolic OH excluding ortho intramolecular Hbond substituents is 1. The van der Waals surface area contributed by atoms with Crippen LogP contribution in [0.3, 0.4) is 0 Å². The van der Waals surface area contributed by atoms with Crippen LogP contribution >= 0.6 is 0 Å². The van der Waals surface area contributed by atoms with Crippen molar-refractivity contribution in [1.82, 2.24) is 0 Å². The Morgan fingerprint density at radius 2 is 1.81 bits per heavy atom. The van der Waals surface area contributed by atoms with Gasteiger partial charge in [-0.1, -0.05) is 26.0 Å². The van der Waals surface area contributed by atoms with E-state index in [0.29, 0.717) is 35.8 Å². The van der Waals surface area contributed by atoms with Crippen molar-refractivity contribution >= 4 is 5.78 Å². The van der Waals surface area contributed by atoms with Gasteiger partial charge in [0.15, 0.2) is 0 Å². The molecule has 0 heterocycles. The smallest absolute Gasteiger partial charge is 0.139 e. The summed E-state index contributed by atoms with van der Waals surface area (Å²) in [6, 6.07) is 9.60. The third-order valence-corrected chi connectivity index (χ3v) is 4.33. The van der Waals surface area contributed by atoms with Gasteiger partial charge in [0.25, 0.3) is 0 Å². The van der Waals surface area contributed by atoms with Crippen LogP contribution < -0.4 is 9.47 Å². The van der Waals surface area contributed by atoms with Crippen LogP contribution in [0.1, 0.15) is 37.8 Å². The van der Waals surface area contributed by atoms with Crippen LogP contribution in [-0.4, -0.2) is 24.1 Å². The monoisotopic (exact) mass is 374 g/mol. The summed E-state index contributed by atoms with van der Waals surface area (Å²) in [5.74, 6) is 0.968. The maximum absolute atomic E-state index is 13.1. The van der Waals surface area contributed by atoms with Crippen molar-refractivity contribution in [3.05, 3.63) is 53.3 Å². The molecule has 0 spiro atoms. The Hall–Kier alpha value is -2.56. The standard InChI is InChI=1S/C22H27FO4/c1-15(2)20(24)13-17-9-10-21(16(3)22(17)25)27-12-5-4-11-26-19-8-6-7-18(23)14-19/h6-10,14-15,25H,4-5,11-13H2,1-3H3. The third kappa shape index (κ3) is 6.27. The predicted octanol–water partition coefficient (Wildman–Crippen LogP) is 4.85. The van der Waals surface area contributed by atoms with Crippen LogP contribution in [0, 0.1) is 18.7 Å². The number of hydrogen-bond acceptors (Lipinski definition) is 4. The van der Waals surface area contributed by atoms with E-state index >= 15 is 0 Å². The van der Waals surface area contributed by atoms with E-state index in [4.69, 9.17) is 9.47 Å². The fourth-order valence-corrected chi connectivity index (χ4v) is 2.56. The van der Waals surface area contributed by atoms with E-state index in [-0.39, 0.29) is 29.7 Å². The summed E-state index contributed by atoms with van der Waals surface area (Å²) in [5.41, 5.74) is 1.27. The van der Waals surface area contributed by atoms with E-state index in [1.54, 1.807) is 31.2 Å². The lowest BCUT2D eigenvalue weighted by Crippen LogP contribution is -2.10. The summed E-state index contributed by atoms with van der Waals surface area (Å²) >= 11 is 0. The number of carbonyl (C=O) groups is 1. The Morgan fingerprint density at radius 3 is 2.48 bits per heavy atom. The highest BCUT2D eigenvalue weighted by molar-refractivity contribution is 5.83. The molecule has 0 aliphatic carbocycles. The fourth-order valence-electron chi connectivity index (χ4n) is 2.56. The van der Waals surface area contributed by atoms with Crippen molar-refractivity contribution in [2.75, 3.05) is 13.2 Å². The van der Waals surface area contributed by atoms with Crippen LogP contribution in [0.5, 0.6) is 17.2 Å². The zero-order chi connectivity index (χ0) is 19.8. The summed E-state index contributed by atoms with van der Waals surface area (Å²) in [7, 11) is 0. The second kappa shape index (κ2) is 9.95. The SMILES string of the molecule is Cc1c(OCCCCOc2cccc(F)c2)ccc(CC(=O)C(C)C)c1O. The summed E-state index contributed by atoms with van der Waals surface area (Å²) in [6.07, 6.45) is 1.76. The van der Waals surface area contributed by atoms with Gasteiger partial charge >= 0.3 is 0 Å². The van der Waals surface area contributed by atoms with Crippen LogP contribution in [0.15, 0.2) is 36.4 Å². The average Bonchev–Trinajstić information content (AvgIpc) is 2.63. The molecule has 0 bridgehead atoms. The number of ketones is 1. The molecule has 2 aromatic carbocycles. The highest BCUT2D eigenvalue weighted by Gasteiger charge is 2.15. The van der Waals surface area contributed by atoms with Crippen LogP contribution in [0.2, 0.25) is 0 Å². The number of benzene rings is 2. The van der Waals surface area contributed by atoms with Gasteiger partial charge in [-0.15, -0.1) is 0 Å². The number of rotatable bonds is 10. The first-order valence-electron chi connectivity index (χ1n) is 9.23. The van der Waals surface area contributed by atoms with E-state index in [1.807, 2.05) is 13.8 Å². The summed E-state index contributed by atoms with van der Waals surface area (Å²) < 4.78 is 24.3. The maximum Gasteiger partial charge on any atom is 0.139 e. The minimum atomic E-state index is -0.315. The van der Waals surface area contributed by atoms with Crippen molar-refractivity contribution in [1.29, 1.82) is 0 Å². The summed E-state index contributed by atoms with van der Waals surface area (Å²) in [6.45, 7) is 6.44. The van der Waals surface area contributed by atoms with Crippen molar-refractivity contribution in [2.24, 2.45) is 5.92 Å². The van der Waals surface area contributed by atoms with Crippen molar-refractivity contribution in [3.8, 4) is 17.2 Å². The number of hydrogen-bond donors (Lipinski definition) is 1. The Morgan fingerprint density at radius 1 is 1.11 bits per heavy atom. The first-order valence-corrected chi connectivity index (χ1v) is 9.23. The molecule has 27 heavy (non-hydrogen) atoms. The van der Waals surface area contributed by atoms with Crippen LogP contribution in [0.25, 0.3) is 0 Å². The molecule has 0 aliphatic rings. The molecule has 2 rings (SSSR count). The Balaban J connectivity index is 1.77. The molecule has 0 saturated heterocycles. The van der Waals surface area contributed by atoms with Gasteiger partial charge in [0.2, 0.25) is 0 Å². The van der Waals surface area contributed by atoms with Gasteiger partial charge < -0.3 is 14.6 Å². The molecule has 5 heteroatoms. The normalized spacial score (nSPS) is 10.9. The van der Waals surface area contributed by atoms with Gasteiger partial charge in [0.1, 0.15) is 28.8 Å². The van der Waals surface area contributed by atoms with E-state index in [0.717, 1.165) is 12.8 Å². The van der Waals surface area contributed by atoms with Gasteiger partial charge in [0.05, 0.1) is 13.2 Å². The fraction of sp³-hybridized carbons (Fsp3) is 0.409.